The van der Waals surface area contributed by atoms with E-state index in [1.807, 2.05) is 23.1 Å². The number of hydrogen-bond donors (Lipinski definition) is 2. The average Bonchev–Trinajstić information content (AvgIpc) is 3.20. The van der Waals surface area contributed by atoms with E-state index < -0.39 is 0 Å². The van der Waals surface area contributed by atoms with Crippen molar-refractivity contribution in [1.29, 1.82) is 0 Å². The molecule has 6 nitrogen and oxygen atoms in total. The quantitative estimate of drug-likeness (QED) is 0.629. The second kappa shape index (κ2) is 9.62. The summed E-state index contributed by atoms with van der Waals surface area (Å²) in [4.78, 5) is 21.4. The summed E-state index contributed by atoms with van der Waals surface area (Å²) < 4.78 is 0. The molecule has 2 N–H and O–H groups in total. The molecular formula is C21H33N5O. The lowest BCUT2D eigenvalue weighted by atomic mass is 10.0. The molecule has 1 atom stereocenters. The van der Waals surface area contributed by atoms with Crippen molar-refractivity contribution in [3.05, 3.63) is 29.8 Å². The second-order valence-corrected chi connectivity index (χ2v) is 7.69. The Balaban J connectivity index is 1.63. The highest BCUT2D eigenvalue weighted by molar-refractivity contribution is 5.89. The Morgan fingerprint density at radius 3 is 2.70 bits per heavy atom. The summed E-state index contributed by atoms with van der Waals surface area (Å²) in [6.07, 6.45) is 4.73. The zero-order valence-corrected chi connectivity index (χ0v) is 16.7. The number of likely N-dealkylation sites (tertiary alicyclic amines) is 2. The van der Waals surface area contributed by atoms with Gasteiger partial charge in [0.1, 0.15) is 0 Å². The molecule has 6 heteroatoms. The lowest BCUT2D eigenvalue weighted by Crippen LogP contribution is -2.46. The molecule has 0 saturated carbocycles. The Bertz CT molecular complexity index is 654. The van der Waals surface area contributed by atoms with Crippen LogP contribution in [0.5, 0.6) is 0 Å². The summed E-state index contributed by atoms with van der Waals surface area (Å²) in [5.74, 6) is 1.71. The molecule has 148 valence electrons. The maximum Gasteiger partial charge on any atom is 0.321 e. The van der Waals surface area contributed by atoms with E-state index in [1.54, 1.807) is 0 Å². The van der Waals surface area contributed by atoms with Crippen LogP contribution in [-0.2, 0) is 6.54 Å². The number of guanidine groups is 1. The van der Waals surface area contributed by atoms with Crippen molar-refractivity contribution in [3.8, 4) is 0 Å². The van der Waals surface area contributed by atoms with Crippen molar-refractivity contribution in [2.24, 2.45) is 10.9 Å². The van der Waals surface area contributed by atoms with Crippen LogP contribution in [0, 0.1) is 5.92 Å². The Kier molecular flexibility index (Phi) is 6.96. The van der Waals surface area contributed by atoms with Gasteiger partial charge >= 0.3 is 6.03 Å². The van der Waals surface area contributed by atoms with Gasteiger partial charge < -0.3 is 20.4 Å². The molecule has 27 heavy (non-hydrogen) atoms. The van der Waals surface area contributed by atoms with E-state index in [1.165, 1.54) is 12.8 Å². The summed E-state index contributed by atoms with van der Waals surface area (Å²) in [5.41, 5.74) is 1.95. The van der Waals surface area contributed by atoms with Crippen LogP contribution in [0.3, 0.4) is 0 Å². The number of hydrogen-bond acceptors (Lipinski definition) is 2. The van der Waals surface area contributed by atoms with Gasteiger partial charge in [-0.15, -0.1) is 0 Å². The minimum atomic E-state index is 0.00351. The summed E-state index contributed by atoms with van der Waals surface area (Å²) in [5, 5.41) is 6.45. The minimum absolute atomic E-state index is 0.00351. The highest BCUT2D eigenvalue weighted by atomic mass is 16.2. The molecule has 0 radical (unpaired) electrons. The molecule has 2 aliphatic heterocycles. The van der Waals surface area contributed by atoms with E-state index >= 15 is 0 Å². The number of carbonyl (C=O) groups excluding carboxylic acids is 1. The van der Waals surface area contributed by atoms with Crippen molar-refractivity contribution in [2.75, 3.05) is 38.0 Å². The van der Waals surface area contributed by atoms with E-state index in [9.17, 15) is 4.79 Å². The third-order valence-electron chi connectivity index (χ3n) is 5.27. The van der Waals surface area contributed by atoms with Crippen LogP contribution in [-0.4, -0.2) is 54.5 Å². The number of rotatable bonds is 4. The third kappa shape index (κ3) is 5.62. The Hall–Kier alpha value is -2.24. The molecule has 2 fully saturated rings. The first-order chi connectivity index (χ1) is 13.2. The Morgan fingerprint density at radius 1 is 1.19 bits per heavy atom. The van der Waals surface area contributed by atoms with Crippen LogP contribution in [0.2, 0.25) is 0 Å². The molecule has 3 rings (SSSR count). The molecule has 0 spiro atoms. The zero-order valence-electron chi connectivity index (χ0n) is 16.7. The highest BCUT2D eigenvalue weighted by Gasteiger charge is 2.19. The van der Waals surface area contributed by atoms with Crippen LogP contribution in [0.25, 0.3) is 0 Å². The van der Waals surface area contributed by atoms with Gasteiger partial charge in [-0.25, -0.2) is 9.79 Å². The lowest BCUT2D eigenvalue weighted by molar-refractivity contribution is 0.222. The first kappa shape index (κ1) is 19.5. The van der Waals surface area contributed by atoms with Gasteiger partial charge in [0.15, 0.2) is 5.96 Å². The first-order valence-corrected chi connectivity index (χ1v) is 10.3. The first-order valence-electron chi connectivity index (χ1n) is 10.3. The number of aliphatic imine (C=N–C) groups is 1. The van der Waals surface area contributed by atoms with Crippen LogP contribution >= 0.6 is 0 Å². The summed E-state index contributed by atoms with van der Waals surface area (Å²) >= 11 is 0. The predicted octanol–water partition coefficient (Wildman–Crippen LogP) is 3.51. The standard InChI is InChI=1S/C21H33N5O/c1-3-22-20(26-13-7-8-17(2)16-26)23-15-18-9-6-10-19(14-18)24-21(27)25-11-4-5-12-25/h6,9-10,14,17H,3-5,7-8,11-13,15-16H2,1-2H3,(H,22,23)(H,24,27). The fourth-order valence-corrected chi connectivity index (χ4v) is 3.84. The number of urea groups is 1. The molecule has 1 aromatic rings. The average molecular weight is 372 g/mol. The van der Waals surface area contributed by atoms with Gasteiger partial charge in [0.25, 0.3) is 0 Å². The molecule has 0 bridgehead atoms. The number of piperidine rings is 1. The predicted molar refractivity (Wildman–Crippen MR) is 111 cm³/mol. The zero-order chi connectivity index (χ0) is 19.1. The maximum absolute atomic E-state index is 12.3. The molecule has 2 heterocycles. The monoisotopic (exact) mass is 371 g/mol. The van der Waals surface area contributed by atoms with E-state index in [0.717, 1.165) is 62.8 Å². The molecule has 0 aromatic heterocycles. The number of carbonyl (C=O) groups is 1. The fraction of sp³-hybridized carbons (Fsp3) is 0.619. The van der Waals surface area contributed by atoms with Crippen LogP contribution in [0.15, 0.2) is 29.3 Å². The molecule has 1 unspecified atom stereocenters. The van der Waals surface area contributed by atoms with Crippen molar-refractivity contribution < 1.29 is 4.79 Å². The van der Waals surface area contributed by atoms with E-state index in [-0.39, 0.29) is 6.03 Å². The minimum Gasteiger partial charge on any atom is -0.357 e. The maximum atomic E-state index is 12.3. The number of anilines is 1. The van der Waals surface area contributed by atoms with E-state index in [2.05, 4.69) is 35.4 Å². The van der Waals surface area contributed by atoms with E-state index in [4.69, 9.17) is 4.99 Å². The summed E-state index contributed by atoms with van der Waals surface area (Å²) in [6, 6.07) is 8.03. The lowest BCUT2D eigenvalue weighted by Gasteiger charge is -2.33. The molecule has 0 aliphatic carbocycles. The molecule has 1 aromatic carbocycles. The van der Waals surface area contributed by atoms with Crippen molar-refractivity contribution in [3.63, 3.8) is 0 Å². The number of amides is 2. The van der Waals surface area contributed by atoms with Gasteiger partial charge in [-0.3, -0.25) is 0 Å². The van der Waals surface area contributed by atoms with Gasteiger partial charge in [0.2, 0.25) is 0 Å². The Labute approximate surface area is 163 Å². The SMILES string of the molecule is CCNC(=NCc1cccc(NC(=O)N2CCCC2)c1)N1CCCC(C)C1. The smallest absolute Gasteiger partial charge is 0.321 e. The van der Waals surface area contributed by atoms with Gasteiger partial charge in [-0.2, -0.15) is 0 Å². The van der Waals surface area contributed by atoms with Crippen molar-refractivity contribution in [1.82, 2.24) is 15.1 Å². The normalized spacial score (nSPS) is 20.7. The largest absolute Gasteiger partial charge is 0.357 e. The number of nitrogens with one attached hydrogen (secondary N) is 2. The third-order valence-corrected chi connectivity index (χ3v) is 5.27. The second-order valence-electron chi connectivity index (χ2n) is 7.69. The van der Waals surface area contributed by atoms with Crippen LogP contribution in [0.1, 0.15) is 45.1 Å². The van der Waals surface area contributed by atoms with Crippen LogP contribution < -0.4 is 10.6 Å². The van der Waals surface area contributed by atoms with Crippen LogP contribution in [0.4, 0.5) is 10.5 Å². The molecular weight excluding hydrogens is 338 g/mol. The van der Waals surface area contributed by atoms with Gasteiger partial charge in [0.05, 0.1) is 6.54 Å². The summed E-state index contributed by atoms with van der Waals surface area (Å²) in [7, 11) is 0. The summed E-state index contributed by atoms with van der Waals surface area (Å²) in [6.45, 7) is 9.75. The molecule has 2 saturated heterocycles. The van der Waals surface area contributed by atoms with Gasteiger partial charge in [0, 0.05) is 38.4 Å². The molecule has 2 amide bonds. The highest BCUT2D eigenvalue weighted by Crippen LogP contribution is 2.17. The topological polar surface area (TPSA) is 60.0 Å². The van der Waals surface area contributed by atoms with Gasteiger partial charge in [-0.05, 0) is 56.2 Å². The number of nitrogens with zero attached hydrogens (tertiary/aromatic N) is 3. The van der Waals surface area contributed by atoms with Crippen molar-refractivity contribution in [2.45, 2.75) is 46.1 Å². The molecule has 2 aliphatic rings. The van der Waals surface area contributed by atoms with Crippen molar-refractivity contribution >= 4 is 17.7 Å². The number of benzene rings is 1. The Morgan fingerprint density at radius 2 is 1.96 bits per heavy atom. The van der Waals surface area contributed by atoms with Gasteiger partial charge in [-0.1, -0.05) is 19.1 Å². The van der Waals surface area contributed by atoms with E-state index in [0.29, 0.717) is 12.5 Å². The fourth-order valence-electron chi connectivity index (χ4n) is 3.84.